The third kappa shape index (κ3) is 1.03. The third-order valence-electron chi connectivity index (χ3n) is 5.54. The zero-order valence-electron chi connectivity index (χ0n) is 10.4. The number of hydrogen-bond acceptors (Lipinski definition) is 0. The lowest BCUT2D eigenvalue weighted by atomic mass is 9.90. The normalized spacial score (nSPS) is 52.8. The summed E-state index contributed by atoms with van der Waals surface area (Å²) in [6.45, 7) is 9.53. The van der Waals surface area contributed by atoms with E-state index in [0.717, 1.165) is 17.8 Å². The van der Waals surface area contributed by atoms with Gasteiger partial charge in [0.1, 0.15) is 0 Å². The third-order valence-corrected chi connectivity index (χ3v) is 5.54. The van der Waals surface area contributed by atoms with Crippen LogP contribution in [0.25, 0.3) is 0 Å². The van der Waals surface area contributed by atoms with Gasteiger partial charge in [-0.1, -0.05) is 44.6 Å². The molecule has 0 heteroatoms. The molecule has 0 aromatic carbocycles. The molecular weight excluding hydrogens is 180 g/mol. The van der Waals surface area contributed by atoms with Crippen molar-refractivity contribution in [2.45, 2.75) is 40.5 Å². The van der Waals surface area contributed by atoms with E-state index in [1.807, 2.05) is 0 Å². The molecule has 3 saturated carbocycles. The van der Waals surface area contributed by atoms with Crippen LogP contribution in [0.1, 0.15) is 40.5 Å². The molecule has 0 spiro atoms. The van der Waals surface area contributed by atoms with E-state index in [0.29, 0.717) is 10.8 Å². The van der Waals surface area contributed by atoms with Gasteiger partial charge in [0.05, 0.1) is 0 Å². The maximum Gasteiger partial charge on any atom is -0.00413 e. The molecule has 0 aromatic rings. The molecule has 0 nitrogen and oxygen atoms in total. The van der Waals surface area contributed by atoms with E-state index in [1.54, 1.807) is 5.57 Å². The molecule has 0 amide bonds. The Morgan fingerprint density at radius 3 is 2.67 bits per heavy atom. The molecule has 82 valence electrons. The number of allylic oxidation sites excluding steroid dienone is 4. The van der Waals surface area contributed by atoms with Crippen LogP contribution in [-0.2, 0) is 0 Å². The molecule has 3 fully saturated rings. The molecule has 0 heterocycles. The summed E-state index contributed by atoms with van der Waals surface area (Å²) < 4.78 is 0. The van der Waals surface area contributed by atoms with Crippen molar-refractivity contribution in [2.75, 3.05) is 0 Å². The highest BCUT2D eigenvalue weighted by Crippen LogP contribution is 2.81. The SMILES string of the molecule is C/C=C/C=C1/[C@H]2[C@H]3[C@@H](CC[C@@]12C)C3(C)C. The number of fused-ring (bicyclic) bond motifs is 3. The predicted molar refractivity (Wildman–Crippen MR) is 64.5 cm³/mol. The van der Waals surface area contributed by atoms with Crippen LogP contribution in [0.2, 0.25) is 0 Å². The monoisotopic (exact) mass is 202 g/mol. The molecule has 0 saturated heterocycles. The lowest BCUT2D eigenvalue weighted by Crippen LogP contribution is -2.06. The van der Waals surface area contributed by atoms with Gasteiger partial charge in [0.15, 0.2) is 0 Å². The first-order chi connectivity index (χ1) is 7.03. The minimum Gasteiger partial charge on any atom is -0.0877 e. The van der Waals surface area contributed by atoms with E-state index in [1.165, 1.54) is 12.8 Å². The Morgan fingerprint density at radius 1 is 1.27 bits per heavy atom. The molecular formula is C15H22. The Morgan fingerprint density at radius 2 is 2.00 bits per heavy atom. The van der Waals surface area contributed by atoms with E-state index in [2.05, 4.69) is 45.9 Å². The van der Waals surface area contributed by atoms with Crippen molar-refractivity contribution in [1.29, 1.82) is 0 Å². The highest BCUT2D eigenvalue weighted by molar-refractivity contribution is 5.45. The lowest BCUT2D eigenvalue weighted by molar-refractivity contribution is 0.352. The molecule has 3 rings (SSSR count). The van der Waals surface area contributed by atoms with Crippen molar-refractivity contribution in [3.8, 4) is 0 Å². The van der Waals surface area contributed by atoms with Gasteiger partial charge in [-0.25, -0.2) is 0 Å². The van der Waals surface area contributed by atoms with Crippen molar-refractivity contribution < 1.29 is 0 Å². The van der Waals surface area contributed by atoms with Gasteiger partial charge >= 0.3 is 0 Å². The summed E-state index contributed by atoms with van der Waals surface area (Å²) >= 11 is 0. The molecule has 15 heavy (non-hydrogen) atoms. The summed E-state index contributed by atoms with van der Waals surface area (Å²) in [6.07, 6.45) is 9.67. The van der Waals surface area contributed by atoms with Crippen molar-refractivity contribution in [3.05, 3.63) is 23.8 Å². The van der Waals surface area contributed by atoms with Crippen molar-refractivity contribution >= 4 is 0 Å². The Bertz CT molecular complexity index is 358. The van der Waals surface area contributed by atoms with Crippen LogP contribution in [0, 0.1) is 28.6 Å². The van der Waals surface area contributed by atoms with Gasteiger partial charge in [-0.15, -0.1) is 0 Å². The molecule has 0 N–H and O–H groups in total. The zero-order chi connectivity index (χ0) is 10.8. The van der Waals surface area contributed by atoms with Gasteiger partial charge < -0.3 is 0 Å². The molecule has 0 unspecified atom stereocenters. The van der Waals surface area contributed by atoms with Gasteiger partial charge in [-0.3, -0.25) is 0 Å². The van der Waals surface area contributed by atoms with Gasteiger partial charge in [0, 0.05) is 0 Å². The minimum atomic E-state index is 0.592. The smallest absolute Gasteiger partial charge is 0.00413 e. The van der Waals surface area contributed by atoms with Gasteiger partial charge in [-0.2, -0.15) is 0 Å². The minimum absolute atomic E-state index is 0.592. The first kappa shape index (κ1) is 9.69. The largest absolute Gasteiger partial charge is 0.0877 e. The summed E-state index contributed by atoms with van der Waals surface area (Å²) in [7, 11) is 0. The quantitative estimate of drug-likeness (QED) is 0.598. The summed E-state index contributed by atoms with van der Waals surface area (Å²) in [5, 5.41) is 0. The molecule has 0 bridgehead atoms. The highest BCUT2D eigenvalue weighted by atomic mass is 14.8. The fraction of sp³-hybridized carbons (Fsp3) is 0.733. The maximum atomic E-state index is 2.48. The van der Waals surface area contributed by atoms with E-state index < -0.39 is 0 Å². The van der Waals surface area contributed by atoms with Crippen LogP contribution in [0.5, 0.6) is 0 Å². The Kier molecular flexibility index (Phi) is 1.67. The van der Waals surface area contributed by atoms with Crippen LogP contribution < -0.4 is 0 Å². The zero-order valence-corrected chi connectivity index (χ0v) is 10.4. The van der Waals surface area contributed by atoms with Crippen LogP contribution >= 0.6 is 0 Å². The second kappa shape index (κ2) is 2.59. The van der Waals surface area contributed by atoms with E-state index >= 15 is 0 Å². The predicted octanol–water partition coefficient (Wildman–Crippen LogP) is 4.19. The highest BCUT2D eigenvalue weighted by Gasteiger charge is 2.74. The fourth-order valence-corrected chi connectivity index (χ4v) is 4.38. The van der Waals surface area contributed by atoms with Gasteiger partial charge in [0.2, 0.25) is 0 Å². The van der Waals surface area contributed by atoms with Crippen LogP contribution in [0.3, 0.4) is 0 Å². The van der Waals surface area contributed by atoms with Crippen LogP contribution in [0.15, 0.2) is 23.8 Å². The molecule has 0 radical (unpaired) electrons. The Hall–Kier alpha value is -0.520. The summed E-state index contributed by atoms with van der Waals surface area (Å²) in [5.41, 5.74) is 2.99. The van der Waals surface area contributed by atoms with Crippen molar-refractivity contribution in [2.24, 2.45) is 28.6 Å². The average molecular weight is 202 g/mol. The van der Waals surface area contributed by atoms with Gasteiger partial charge in [0.25, 0.3) is 0 Å². The fourth-order valence-electron chi connectivity index (χ4n) is 4.38. The summed E-state index contributed by atoms with van der Waals surface area (Å²) in [6, 6.07) is 0. The van der Waals surface area contributed by atoms with E-state index in [4.69, 9.17) is 0 Å². The second-order valence-electron chi connectivity index (χ2n) is 6.54. The van der Waals surface area contributed by atoms with Crippen LogP contribution in [0.4, 0.5) is 0 Å². The maximum absolute atomic E-state index is 2.48. The standard InChI is InChI=1S/C15H22/c1-5-6-7-11-13-12-10(14(12,2)3)8-9-15(11,13)4/h5-7,10,12-13H,8-9H2,1-4H3/b6-5+,11-7-/t10-,12-,13+,15+/m1/s1. The molecule has 0 aromatic heterocycles. The molecule has 0 aliphatic heterocycles. The summed E-state index contributed by atoms with van der Waals surface area (Å²) in [5.74, 6) is 2.97. The number of hydrogen-bond donors (Lipinski definition) is 0. The van der Waals surface area contributed by atoms with Gasteiger partial charge in [-0.05, 0) is 48.3 Å². The Balaban J connectivity index is 1.89. The van der Waals surface area contributed by atoms with E-state index in [9.17, 15) is 0 Å². The van der Waals surface area contributed by atoms with Crippen molar-refractivity contribution in [3.63, 3.8) is 0 Å². The first-order valence-corrected chi connectivity index (χ1v) is 6.37. The van der Waals surface area contributed by atoms with Crippen LogP contribution in [-0.4, -0.2) is 0 Å². The molecule has 3 aliphatic rings. The number of rotatable bonds is 1. The Labute approximate surface area is 93.5 Å². The topological polar surface area (TPSA) is 0 Å². The van der Waals surface area contributed by atoms with Crippen molar-refractivity contribution in [1.82, 2.24) is 0 Å². The average Bonchev–Trinajstić information content (AvgIpc) is 2.96. The second-order valence-corrected chi connectivity index (χ2v) is 6.54. The summed E-state index contributed by atoms with van der Waals surface area (Å²) in [4.78, 5) is 0. The molecule has 3 aliphatic carbocycles. The molecule has 4 atom stereocenters. The first-order valence-electron chi connectivity index (χ1n) is 6.37. The van der Waals surface area contributed by atoms with E-state index in [-0.39, 0.29) is 0 Å². The lowest BCUT2D eigenvalue weighted by Gasteiger charge is -2.14.